The molecular formula is C18H26N6O. The number of hydrogen-bond donors (Lipinski definition) is 2. The Balaban J connectivity index is 1.49. The highest BCUT2D eigenvalue weighted by molar-refractivity contribution is 5.76. The van der Waals surface area contributed by atoms with Crippen molar-refractivity contribution >= 4 is 11.7 Å². The average Bonchev–Trinajstić information content (AvgIpc) is 3.22. The van der Waals surface area contributed by atoms with E-state index in [4.69, 9.17) is 0 Å². The van der Waals surface area contributed by atoms with Gasteiger partial charge in [-0.15, -0.1) is 0 Å². The molecule has 2 N–H and O–H groups in total. The first-order valence-corrected chi connectivity index (χ1v) is 8.98. The van der Waals surface area contributed by atoms with E-state index in [1.807, 2.05) is 30.7 Å². The number of nitrogens with zero attached hydrogens (tertiary/aromatic N) is 4. The zero-order valence-electron chi connectivity index (χ0n) is 15.0. The van der Waals surface area contributed by atoms with Gasteiger partial charge in [-0.1, -0.05) is 12.8 Å². The summed E-state index contributed by atoms with van der Waals surface area (Å²) < 4.78 is 1.92. The van der Waals surface area contributed by atoms with Gasteiger partial charge in [0.05, 0.1) is 0 Å². The van der Waals surface area contributed by atoms with Gasteiger partial charge in [-0.2, -0.15) is 0 Å². The zero-order valence-corrected chi connectivity index (χ0v) is 15.0. The SMILES string of the molecule is Cc1nc(NCCNC(=O)CC2CCCC2)cc(-n2ccnc2C)n1. The Morgan fingerprint density at radius 2 is 2.04 bits per heavy atom. The molecule has 2 aromatic heterocycles. The second kappa shape index (κ2) is 8.09. The van der Waals surface area contributed by atoms with Crippen molar-refractivity contribution in [2.45, 2.75) is 46.0 Å². The van der Waals surface area contributed by atoms with Crippen molar-refractivity contribution in [3.05, 3.63) is 30.1 Å². The van der Waals surface area contributed by atoms with Gasteiger partial charge in [-0.05, 0) is 32.6 Å². The fraction of sp³-hybridized carbons (Fsp3) is 0.556. The molecule has 7 heteroatoms. The molecule has 0 atom stereocenters. The Kier molecular flexibility index (Phi) is 5.63. The highest BCUT2D eigenvalue weighted by Crippen LogP contribution is 2.27. The quantitative estimate of drug-likeness (QED) is 0.755. The van der Waals surface area contributed by atoms with Gasteiger partial charge in [-0.25, -0.2) is 15.0 Å². The van der Waals surface area contributed by atoms with Crippen LogP contribution in [0, 0.1) is 19.8 Å². The van der Waals surface area contributed by atoms with Crippen LogP contribution in [0.2, 0.25) is 0 Å². The van der Waals surface area contributed by atoms with Crippen LogP contribution < -0.4 is 10.6 Å². The van der Waals surface area contributed by atoms with Gasteiger partial charge in [0.2, 0.25) is 5.91 Å². The van der Waals surface area contributed by atoms with Gasteiger partial charge in [0, 0.05) is 38.0 Å². The molecule has 0 radical (unpaired) electrons. The van der Waals surface area contributed by atoms with Crippen molar-refractivity contribution in [3.8, 4) is 5.82 Å². The largest absolute Gasteiger partial charge is 0.368 e. The van der Waals surface area contributed by atoms with Crippen LogP contribution in [0.3, 0.4) is 0 Å². The highest BCUT2D eigenvalue weighted by Gasteiger charge is 2.17. The van der Waals surface area contributed by atoms with E-state index in [1.54, 1.807) is 6.20 Å². The second-order valence-corrected chi connectivity index (χ2v) is 6.63. The summed E-state index contributed by atoms with van der Waals surface area (Å²) in [6.07, 6.45) is 9.22. The van der Waals surface area contributed by atoms with E-state index in [0.29, 0.717) is 31.3 Å². The molecule has 0 spiro atoms. The first kappa shape index (κ1) is 17.4. The number of rotatable bonds is 7. The predicted octanol–water partition coefficient (Wildman–Crippen LogP) is 2.39. The lowest BCUT2D eigenvalue weighted by Gasteiger charge is -2.12. The maximum atomic E-state index is 11.9. The molecule has 0 aromatic carbocycles. The summed E-state index contributed by atoms with van der Waals surface area (Å²) in [6.45, 7) is 5.03. The van der Waals surface area contributed by atoms with Gasteiger partial charge in [0.15, 0.2) is 0 Å². The first-order chi connectivity index (χ1) is 12.1. The van der Waals surface area contributed by atoms with Gasteiger partial charge < -0.3 is 10.6 Å². The molecule has 25 heavy (non-hydrogen) atoms. The molecule has 3 rings (SSSR count). The van der Waals surface area contributed by atoms with Crippen molar-refractivity contribution in [3.63, 3.8) is 0 Å². The monoisotopic (exact) mass is 342 g/mol. The van der Waals surface area contributed by atoms with Crippen LogP contribution in [0.5, 0.6) is 0 Å². The molecular weight excluding hydrogens is 316 g/mol. The van der Waals surface area contributed by atoms with Crippen LogP contribution in [-0.2, 0) is 4.79 Å². The molecule has 1 aliphatic carbocycles. The maximum absolute atomic E-state index is 11.9. The highest BCUT2D eigenvalue weighted by atomic mass is 16.1. The molecule has 1 saturated carbocycles. The van der Waals surface area contributed by atoms with Crippen LogP contribution >= 0.6 is 0 Å². The van der Waals surface area contributed by atoms with Crippen LogP contribution in [0.1, 0.15) is 43.8 Å². The molecule has 0 saturated heterocycles. The van der Waals surface area contributed by atoms with Crippen molar-refractivity contribution in [1.29, 1.82) is 0 Å². The fourth-order valence-electron chi connectivity index (χ4n) is 3.33. The van der Waals surface area contributed by atoms with Crippen LogP contribution in [-0.4, -0.2) is 38.5 Å². The van der Waals surface area contributed by atoms with E-state index >= 15 is 0 Å². The third kappa shape index (κ3) is 4.78. The molecule has 1 aliphatic rings. The van der Waals surface area contributed by atoms with E-state index in [9.17, 15) is 4.79 Å². The summed E-state index contributed by atoms with van der Waals surface area (Å²) in [5.74, 6) is 3.85. The maximum Gasteiger partial charge on any atom is 0.220 e. The number of nitrogens with one attached hydrogen (secondary N) is 2. The molecule has 2 aromatic rings. The molecule has 0 aliphatic heterocycles. The second-order valence-electron chi connectivity index (χ2n) is 6.63. The third-order valence-electron chi connectivity index (χ3n) is 4.60. The molecule has 2 heterocycles. The van der Waals surface area contributed by atoms with Crippen molar-refractivity contribution in [1.82, 2.24) is 24.8 Å². The van der Waals surface area contributed by atoms with Gasteiger partial charge >= 0.3 is 0 Å². The lowest BCUT2D eigenvalue weighted by atomic mass is 10.0. The summed E-state index contributed by atoms with van der Waals surface area (Å²) in [4.78, 5) is 25.0. The summed E-state index contributed by atoms with van der Waals surface area (Å²) in [5.41, 5.74) is 0. The van der Waals surface area contributed by atoms with E-state index in [1.165, 1.54) is 25.7 Å². The summed E-state index contributed by atoms with van der Waals surface area (Å²) in [7, 11) is 0. The number of aromatic nitrogens is 4. The number of hydrogen-bond acceptors (Lipinski definition) is 5. The van der Waals surface area contributed by atoms with E-state index in [-0.39, 0.29) is 5.91 Å². The van der Waals surface area contributed by atoms with Crippen LogP contribution in [0.4, 0.5) is 5.82 Å². The molecule has 134 valence electrons. The van der Waals surface area contributed by atoms with E-state index in [0.717, 1.165) is 17.5 Å². The Bertz CT molecular complexity index is 720. The number of amides is 1. The van der Waals surface area contributed by atoms with Crippen molar-refractivity contribution in [2.24, 2.45) is 5.92 Å². The Morgan fingerprint density at radius 1 is 1.24 bits per heavy atom. The Labute approximate surface area is 148 Å². The van der Waals surface area contributed by atoms with Crippen LogP contribution in [0.25, 0.3) is 5.82 Å². The zero-order chi connectivity index (χ0) is 17.6. The minimum absolute atomic E-state index is 0.155. The van der Waals surface area contributed by atoms with Gasteiger partial charge in [0.25, 0.3) is 0 Å². The average molecular weight is 342 g/mol. The smallest absolute Gasteiger partial charge is 0.220 e. The minimum Gasteiger partial charge on any atom is -0.368 e. The van der Waals surface area contributed by atoms with Crippen molar-refractivity contribution in [2.75, 3.05) is 18.4 Å². The lowest BCUT2D eigenvalue weighted by molar-refractivity contribution is -0.121. The number of carbonyl (C=O) groups is 1. The first-order valence-electron chi connectivity index (χ1n) is 8.98. The molecule has 0 bridgehead atoms. The summed E-state index contributed by atoms with van der Waals surface area (Å²) in [5, 5.41) is 6.24. The summed E-state index contributed by atoms with van der Waals surface area (Å²) in [6, 6.07) is 1.89. The van der Waals surface area contributed by atoms with Gasteiger partial charge in [0.1, 0.15) is 23.3 Å². The topological polar surface area (TPSA) is 84.7 Å². The van der Waals surface area contributed by atoms with Crippen LogP contribution in [0.15, 0.2) is 18.5 Å². The number of imidazole rings is 1. The van der Waals surface area contributed by atoms with E-state index < -0.39 is 0 Å². The molecule has 0 unspecified atom stereocenters. The Hall–Kier alpha value is -2.44. The predicted molar refractivity (Wildman–Crippen MR) is 96.7 cm³/mol. The van der Waals surface area contributed by atoms with E-state index in [2.05, 4.69) is 25.6 Å². The number of aryl methyl sites for hydroxylation is 2. The Morgan fingerprint density at radius 3 is 2.76 bits per heavy atom. The number of carbonyl (C=O) groups excluding carboxylic acids is 1. The molecule has 7 nitrogen and oxygen atoms in total. The summed E-state index contributed by atoms with van der Waals surface area (Å²) >= 11 is 0. The minimum atomic E-state index is 0.155. The molecule has 1 fully saturated rings. The standard InChI is InChI=1S/C18H26N6O/c1-13-22-16(12-17(23-13)24-10-9-19-14(24)2)20-7-8-21-18(25)11-15-5-3-4-6-15/h9-10,12,15H,3-8,11H2,1-2H3,(H,21,25)(H,20,22,23). The van der Waals surface area contributed by atoms with Gasteiger partial charge in [-0.3, -0.25) is 9.36 Å². The third-order valence-corrected chi connectivity index (χ3v) is 4.60. The van der Waals surface area contributed by atoms with Crippen molar-refractivity contribution < 1.29 is 4.79 Å². The number of anilines is 1. The molecule has 1 amide bonds. The lowest BCUT2D eigenvalue weighted by Crippen LogP contribution is -2.30. The normalized spacial score (nSPS) is 14.6. The fourth-order valence-corrected chi connectivity index (χ4v) is 3.33.